The van der Waals surface area contributed by atoms with E-state index in [-0.39, 0.29) is 36.4 Å². The molecule has 0 unspecified atom stereocenters. The second-order valence-corrected chi connectivity index (χ2v) is 6.97. The molecule has 0 bridgehead atoms. The van der Waals surface area contributed by atoms with E-state index < -0.39 is 27.3 Å². The number of rotatable bonds is 2. The van der Waals surface area contributed by atoms with Gasteiger partial charge in [-0.2, -0.15) is 22.7 Å². The van der Waals surface area contributed by atoms with Crippen molar-refractivity contribution in [1.82, 2.24) is 9.62 Å². The Morgan fingerprint density at radius 1 is 1.39 bits per heavy atom. The Balaban J connectivity index is 0.00000264. The average molecular weight is 370 g/mol. The Morgan fingerprint density at radius 3 is 2.57 bits per heavy atom. The summed E-state index contributed by atoms with van der Waals surface area (Å²) in [5.74, 6) is 0. The van der Waals surface area contributed by atoms with Crippen LogP contribution in [0, 0.1) is 11.3 Å². The highest BCUT2D eigenvalue weighted by atomic mass is 35.5. The second-order valence-electron chi connectivity index (χ2n) is 5.04. The lowest BCUT2D eigenvalue weighted by molar-refractivity contribution is -0.137. The van der Waals surface area contributed by atoms with Crippen molar-refractivity contribution in [3.8, 4) is 6.07 Å². The minimum atomic E-state index is -4.70. The van der Waals surface area contributed by atoms with Crippen LogP contribution in [-0.4, -0.2) is 38.4 Å². The third-order valence-electron chi connectivity index (χ3n) is 3.39. The quantitative estimate of drug-likeness (QED) is 0.865. The van der Waals surface area contributed by atoms with Crippen molar-refractivity contribution in [1.29, 1.82) is 5.26 Å². The van der Waals surface area contributed by atoms with E-state index in [1.165, 1.54) is 10.4 Å². The third kappa shape index (κ3) is 4.14. The average Bonchev–Trinajstić information content (AvgIpc) is 2.45. The Morgan fingerprint density at radius 2 is 2.04 bits per heavy atom. The van der Waals surface area contributed by atoms with Gasteiger partial charge in [0.2, 0.25) is 10.0 Å². The molecule has 0 spiro atoms. The van der Waals surface area contributed by atoms with Gasteiger partial charge >= 0.3 is 6.18 Å². The first-order chi connectivity index (χ1) is 10.2. The number of alkyl halides is 3. The van der Waals surface area contributed by atoms with Crippen molar-refractivity contribution in [3.05, 3.63) is 29.3 Å². The van der Waals surface area contributed by atoms with E-state index in [1.807, 2.05) is 6.92 Å². The molecule has 1 aliphatic rings. The molecule has 0 amide bonds. The van der Waals surface area contributed by atoms with Gasteiger partial charge in [-0.3, -0.25) is 0 Å². The number of benzene rings is 1. The first-order valence-corrected chi connectivity index (χ1v) is 7.95. The number of nitrogens with one attached hydrogen (secondary N) is 1. The molecule has 1 heterocycles. The highest BCUT2D eigenvalue weighted by molar-refractivity contribution is 7.89. The monoisotopic (exact) mass is 369 g/mol. The molecule has 1 N–H and O–H groups in total. The van der Waals surface area contributed by atoms with Crippen molar-refractivity contribution < 1.29 is 21.6 Å². The van der Waals surface area contributed by atoms with Crippen LogP contribution in [0.3, 0.4) is 0 Å². The molecule has 5 nitrogen and oxygen atoms in total. The zero-order chi connectivity index (χ0) is 16.5. The topological polar surface area (TPSA) is 73.2 Å². The van der Waals surface area contributed by atoms with Crippen LogP contribution >= 0.6 is 12.4 Å². The number of sulfonamides is 1. The van der Waals surface area contributed by atoms with Crippen LogP contribution in [-0.2, 0) is 16.2 Å². The van der Waals surface area contributed by atoms with Crippen LogP contribution in [0.4, 0.5) is 13.2 Å². The largest absolute Gasteiger partial charge is 0.417 e. The highest BCUT2D eigenvalue weighted by Crippen LogP contribution is 2.33. The van der Waals surface area contributed by atoms with E-state index in [0.717, 1.165) is 12.1 Å². The van der Waals surface area contributed by atoms with E-state index in [4.69, 9.17) is 5.26 Å². The molecular formula is C13H15ClF3N3O2S. The van der Waals surface area contributed by atoms with Crippen LogP contribution in [0.15, 0.2) is 23.1 Å². The summed E-state index contributed by atoms with van der Waals surface area (Å²) in [6, 6.07) is 3.68. The van der Waals surface area contributed by atoms with Gasteiger partial charge in [-0.15, -0.1) is 12.4 Å². The first kappa shape index (κ1) is 19.7. The number of nitriles is 1. The summed E-state index contributed by atoms with van der Waals surface area (Å²) in [5.41, 5.74) is -1.83. The van der Waals surface area contributed by atoms with Crippen LogP contribution in [0.5, 0.6) is 0 Å². The van der Waals surface area contributed by atoms with Gasteiger partial charge in [0, 0.05) is 25.7 Å². The molecule has 0 aliphatic carbocycles. The smallest absolute Gasteiger partial charge is 0.312 e. The fourth-order valence-electron chi connectivity index (χ4n) is 2.29. The molecule has 1 aromatic carbocycles. The molecule has 1 fully saturated rings. The lowest BCUT2D eigenvalue weighted by atomic mass is 10.1. The molecule has 10 heteroatoms. The predicted molar refractivity (Wildman–Crippen MR) is 79.6 cm³/mol. The van der Waals surface area contributed by atoms with Crippen molar-refractivity contribution in [2.24, 2.45) is 0 Å². The van der Waals surface area contributed by atoms with Crippen LogP contribution in [0.2, 0.25) is 0 Å². The second kappa shape index (κ2) is 7.05. The van der Waals surface area contributed by atoms with E-state index >= 15 is 0 Å². The van der Waals surface area contributed by atoms with Crippen molar-refractivity contribution in [2.45, 2.75) is 24.0 Å². The van der Waals surface area contributed by atoms with Gasteiger partial charge in [0.15, 0.2) is 0 Å². The van der Waals surface area contributed by atoms with E-state index in [9.17, 15) is 21.6 Å². The molecule has 1 aromatic rings. The lowest BCUT2D eigenvalue weighted by Gasteiger charge is -2.31. The Labute approximate surface area is 138 Å². The number of hydrogen-bond acceptors (Lipinski definition) is 4. The molecule has 1 aliphatic heterocycles. The summed E-state index contributed by atoms with van der Waals surface area (Å²) >= 11 is 0. The number of halogens is 4. The summed E-state index contributed by atoms with van der Waals surface area (Å²) in [6.07, 6.45) is -4.70. The van der Waals surface area contributed by atoms with Crippen LogP contribution < -0.4 is 5.32 Å². The Hall–Kier alpha value is -1.34. The minimum Gasteiger partial charge on any atom is -0.312 e. The van der Waals surface area contributed by atoms with Gasteiger partial charge in [0.1, 0.15) is 0 Å². The molecular weight excluding hydrogens is 355 g/mol. The predicted octanol–water partition coefficient (Wildman–Crippen LogP) is 1.98. The standard InChI is InChI=1S/C13H14F3N3O2S.ClH/c1-9-8-19(5-4-18-9)22(20,21)11-2-3-12(13(14,15)16)10(6-11)7-17;/h2-3,6,9,18H,4-5,8H2,1H3;1H/t9-;/m0./s1. The number of piperazine rings is 1. The van der Waals surface area contributed by atoms with E-state index in [2.05, 4.69) is 5.32 Å². The van der Waals surface area contributed by atoms with Gasteiger partial charge in [0.05, 0.1) is 22.1 Å². The van der Waals surface area contributed by atoms with Crippen molar-refractivity contribution in [2.75, 3.05) is 19.6 Å². The summed E-state index contributed by atoms with van der Waals surface area (Å²) in [4.78, 5) is -0.300. The summed E-state index contributed by atoms with van der Waals surface area (Å²) in [7, 11) is -3.91. The van der Waals surface area contributed by atoms with Crippen LogP contribution in [0.1, 0.15) is 18.1 Å². The first-order valence-electron chi connectivity index (χ1n) is 6.51. The van der Waals surface area contributed by atoms with Gasteiger partial charge in [-0.25, -0.2) is 8.42 Å². The maximum Gasteiger partial charge on any atom is 0.417 e. The highest BCUT2D eigenvalue weighted by Gasteiger charge is 2.35. The molecule has 1 atom stereocenters. The summed E-state index contributed by atoms with van der Waals surface area (Å²) in [6.45, 7) is 2.74. The maximum absolute atomic E-state index is 12.8. The minimum absolute atomic E-state index is 0. The SMILES string of the molecule is C[C@H]1CN(S(=O)(=O)c2ccc(C(F)(F)F)c(C#N)c2)CCN1.Cl. The van der Waals surface area contributed by atoms with Gasteiger partial charge < -0.3 is 5.32 Å². The third-order valence-corrected chi connectivity index (χ3v) is 5.25. The van der Waals surface area contributed by atoms with Gasteiger partial charge in [-0.05, 0) is 25.1 Å². The maximum atomic E-state index is 12.8. The molecule has 0 radical (unpaired) electrons. The molecule has 0 aromatic heterocycles. The zero-order valence-corrected chi connectivity index (χ0v) is 13.7. The summed E-state index contributed by atoms with van der Waals surface area (Å²) < 4.78 is 64.4. The summed E-state index contributed by atoms with van der Waals surface area (Å²) in [5, 5.41) is 11.9. The molecule has 23 heavy (non-hydrogen) atoms. The van der Waals surface area contributed by atoms with E-state index in [1.54, 1.807) is 0 Å². The van der Waals surface area contributed by atoms with Crippen molar-refractivity contribution >= 4 is 22.4 Å². The lowest BCUT2D eigenvalue weighted by Crippen LogP contribution is -2.51. The molecule has 1 saturated heterocycles. The van der Waals surface area contributed by atoms with Gasteiger partial charge in [0.25, 0.3) is 0 Å². The molecule has 2 rings (SSSR count). The normalized spacial score (nSPS) is 19.7. The zero-order valence-electron chi connectivity index (χ0n) is 12.1. The van der Waals surface area contributed by atoms with E-state index in [0.29, 0.717) is 12.6 Å². The molecule has 128 valence electrons. The molecule has 0 saturated carbocycles. The fraction of sp³-hybridized carbons (Fsp3) is 0.462. The fourth-order valence-corrected chi connectivity index (χ4v) is 3.84. The van der Waals surface area contributed by atoms with Crippen molar-refractivity contribution in [3.63, 3.8) is 0 Å². The Kier molecular flexibility index (Phi) is 6.04. The Bertz CT molecular complexity index is 716. The van der Waals surface area contributed by atoms with Crippen LogP contribution in [0.25, 0.3) is 0 Å². The number of nitrogens with zero attached hydrogens (tertiary/aromatic N) is 2. The van der Waals surface area contributed by atoms with Gasteiger partial charge in [-0.1, -0.05) is 0 Å². The number of hydrogen-bond donors (Lipinski definition) is 1.